The minimum atomic E-state index is -0.910. The molecule has 3 aliphatic carbocycles. The van der Waals surface area contributed by atoms with Crippen LogP contribution in [0.5, 0.6) is 0 Å². The molecule has 0 aromatic carbocycles. The lowest BCUT2D eigenvalue weighted by Gasteiger charge is -2.59. The smallest absolute Gasteiger partial charge is 0.311 e. The summed E-state index contributed by atoms with van der Waals surface area (Å²) in [6, 6.07) is 0. The number of carbonyl (C=O) groups is 2. The first kappa shape index (κ1) is 22.0. The van der Waals surface area contributed by atoms with Gasteiger partial charge < -0.3 is 19.7 Å². The molecular weight excluding hydrogens is 372 g/mol. The number of aliphatic hydroxyl groups excluding tert-OH is 2. The van der Waals surface area contributed by atoms with Crippen molar-refractivity contribution in [3.05, 3.63) is 23.8 Å². The molecule has 1 saturated carbocycles. The van der Waals surface area contributed by atoms with Gasteiger partial charge in [-0.15, -0.1) is 6.58 Å². The Morgan fingerprint density at radius 3 is 2.41 bits per heavy atom. The average molecular weight is 407 g/mol. The van der Waals surface area contributed by atoms with Gasteiger partial charge in [0.1, 0.15) is 6.10 Å². The van der Waals surface area contributed by atoms with Crippen LogP contribution in [0.1, 0.15) is 59.8 Å². The molecule has 6 nitrogen and oxygen atoms in total. The molecule has 2 N–H and O–H groups in total. The largest absolute Gasteiger partial charge is 0.469 e. The molecule has 0 saturated heterocycles. The molecule has 0 aromatic rings. The van der Waals surface area contributed by atoms with E-state index < -0.39 is 40.5 Å². The van der Waals surface area contributed by atoms with Crippen molar-refractivity contribution in [2.75, 3.05) is 7.11 Å². The molecule has 0 bridgehead atoms. The summed E-state index contributed by atoms with van der Waals surface area (Å²) in [6.45, 7) is 11.0. The summed E-state index contributed by atoms with van der Waals surface area (Å²) in [4.78, 5) is 24.7. The van der Waals surface area contributed by atoms with Crippen LogP contribution < -0.4 is 0 Å². The Labute approximate surface area is 173 Å². The molecule has 0 unspecified atom stereocenters. The number of ether oxygens (including phenoxy) is 2. The average Bonchev–Trinajstić information content (AvgIpc) is 2.65. The van der Waals surface area contributed by atoms with Crippen LogP contribution in [0.2, 0.25) is 0 Å². The molecule has 29 heavy (non-hydrogen) atoms. The Hall–Kier alpha value is -1.66. The lowest BCUT2D eigenvalue weighted by atomic mass is 9.46. The zero-order valence-electron chi connectivity index (χ0n) is 18.2. The molecule has 7 atom stereocenters. The second-order valence-electron chi connectivity index (χ2n) is 9.77. The molecule has 0 spiro atoms. The van der Waals surface area contributed by atoms with Crippen LogP contribution in [0.25, 0.3) is 0 Å². The standard InChI is InChI=1S/C23H34O6/c1-7-21(3)12-14(25)18-17(19(21)26)15(29-13(2)24)11-16-22(18,4)9-8-10-23(16,5)20(27)28-6/h7,14-16,19,25-26H,1,8-12H2,2-6H3/t14-,15-,16-,19-,21+,22+,23-/m1/s1. The normalized spacial score (nSPS) is 44.4. The van der Waals surface area contributed by atoms with Gasteiger partial charge in [-0.25, -0.2) is 0 Å². The summed E-state index contributed by atoms with van der Waals surface area (Å²) in [7, 11) is 1.39. The molecule has 6 heteroatoms. The third-order valence-electron chi connectivity index (χ3n) is 7.97. The van der Waals surface area contributed by atoms with Crippen molar-refractivity contribution < 1.29 is 29.3 Å². The molecule has 0 aromatic heterocycles. The molecule has 0 aliphatic heterocycles. The SMILES string of the molecule is C=C[C@@]1(C)C[C@@H](O)C2=C([C@H]1O)[C@H](OC(C)=O)C[C@H]1[C@](C)(C(=O)OC)CCC[C@]21C. The maximum Gasteiger partial charge on any atom is 0.311 e. The zero-order valence-corrected chi connectivity index (χ0v) is 18.2. The van der Waals surface area contributed by atoms with Gasteiger partial charge in [-0.3, -0.25) is 9.59 Å². The number of aliphatic hydroxyl groups is 2. The quantitative estimate of drug-likeness (QED) is 0.553. The van der Waals surface area contributed by atoms with Gasteiger partial charge in [0.05, 0.1) is 24.7 Å². The van der Waals surface area contributed by atoms with Crippen molar-refractivity contribution in [1.82, 2.24) is 0 Å². The van der Waals surface area contributed by atoms with Crippen LogP contribution in [-0.4, -0.2) is 47.6 Å². The fraction of sp³-hybridized carbons (Fsp3) is 0.739. The zero-order chi connectivity index (χ0) is 21.8. The molecule has 0 heterocycles. The summed E-state index contributed by atoms with van der Waals surface area (Å²) in [5, 5.41) is 22.5. The van der Waals surface area contributed by atoms with Crippen molar-refractivity contribution in [3.63, 3.8) is 0 Å². The van der Waals surface area contributed by atoms with Crippen LogP contribution >= 0.6 is 0 Å². The number of hydrogen-bond acceptors (Lipinski definition) is 6. The topological polar surface area (TPSA) is 93.1 Å². The van der Waals surface area contributed by atoms with E-state index in [0.29, 0.717) is 24.8 Å². The fourth-order valence-corrected chi connectivity index (χ4v) is 6.43. The van der Waals surface area contributed by atoms with E-state index in [2.05, 4.69) is 13.5 Å². The molecule has 3 rings (SSSR count). The summed E-state index contributed by atoms with van der Waals surface area (Å²) in [5.41, 5.74) is -0.630. The Balaban J connectivity index is 2.23. The number of carbonyl (C=O) groups excluding carboxylic acids is 2. The van der Waals surface area contributed by atoms with Gasteiger partial charge in [0, 0.05) is 17.9 Å². The van der Waals surface area contributed by atoms with E-state index in [1.165, 1.54) is 14.0 Å². The van der Waals surface area contributed by atoms with Crippen LogP contribution in [0.15, 0.2) is 23.8 Å². The second-order valence-corrected chi connectivity index (χ2v) is 9.77. The minimum Gasteiger partial charge on any atom is -0.469 e. The molecule has 162 valence electrons. The summed E-state index contributed by atoms with van der Waals surface area (Å²) in [6.07, 6.45) is 2.31. The van der Waals surface area contributed by atoms with E-state index in [4.69, 9.17) is 9.47 Å². The van der Waals surface area contributed by atoms with Gasteiger partial charge in [-0.2, -0.15) is 0 Å². The van der Waals surface area contributed by atoms with Gasteiger partial charge in [-0.05, 0) is 49.5 Å². The Kier molecular flexibility index (Phi) is 5.50. The van der Waals surface area contributed by atoms with E-state index in [1.54, 1.807) is 6.08 Å². The molecule has 0 amide bonds. The van der Waals surface area contributed by atoms with Crippen molar-refractivity contribution >= 4 is 11.9 Å². The maximum absolute atomic E-state index is 12.8. The van der Waals surface area contributed by atoms with Crippen LogP contribution in [0.3, 0.4) is 0 Å². The molecular formula is C23H34O6. The predicted molar refractivity (Wildman–Crippen MR) is 108 cm³/mol. The van der Waals surface area contributed by atoms with E-state index in [1.807, 2.05) is 13.8 Å². The van der Waals surface area contributed by atoms with E-state index in [0.717, 1.165) is 18.4 Å². The molecule has 3 aliphatic rings. The third-order valence-corrected chi connectivity index (χ3v) is 7.97. The number of rotatable bonds is 3. The summed E-state index contributed by atoms with van der Waals surface area (Å²) in [5.74, 6) is -0.899. The molecule has 0 radical (unpaired) electrons. The lowest BCUT2D eigenvalue weighted by Crippen LogP contribution is -2.59. The first-order valence-electron chi connectivity index (χ1n) is 10.4. The Morgan fingerprint density at radius 1 is 1.21 bits per heavy atom. The third kappa shape index (κ3) is 3.15. The summed E-state index contributed by atoms with van der Waals surface area (Å²) >= 11 is 0. The van der Waals surface area contributed by atoms with E-state index in [-0.39, 0.29) is 11.9 Å². The maximum atomic E-state index is 12.8. The second kappa shape index (κ2) is 7.24. The monoisotopic (exact) mass is 406 g/mol. The van der Waals surface area contributed by atoms with Crippen molar-refractivity contribution in [1.29, 1.82) is 0 Å². The highest BCUT2D eigenvalue weighted by molar-refractivity contribution is 5.77. The van der Waals surface area contributed by atoms with Gasteiger partial charge in [0.2, 0.25) is 0 Å². The Morgan fingerprint density at radius 2 is 1.86 bits per heavy atom. The minimum absolute atomic E-state index is 0.172. The summed E-state index contributed by atoms with van der Waals surface area (Å²) < 4.78 is 10.8. The highest BCUT2D eigenvalue weighted by atomic mass is 16.5. The molecule has 1 fully saturated rings. The lowest BCUT2D eigenvalue weighted by molar-refractivity contribution is -0.168. The van der Waals surface area contributed by atoms with Gasteiger partial charge >= 0.3 is 11.9 Å². The number of esters is 2. The van der Waals surface area contributed by atoms with Gasteiger partial charge in [0.15, 0.2) is 0 Å². The number of hydrogen-bond donors (Lipinski definition) is 2. The van der Waals surface area contributed by atoms with Crippen molar-refractivity contribution in [2.24, 2.45) is 22.2 Å². The van der Waals surface area contributed by atoms with Gasteiger partial charge in [-0.1, -0.05) is 26.3 Å². The van der Waals surface area contributed by atoms with E-state index >= 15 is 0 Å². The first-order valence-corrected chi connectivity index (χ1v) is 10.4. The highest BCUT2D eigenvalue weighted by Gasteiger charge is 2.62. The van der Waals surface area contributed by atoms with Crippen molar-refractivity contribution in [2.45, 2.75) is 78.1 Å². The van der Waals surface area contributed by atoms with E-state index in [9.17, 15) is 19.8 Å². The fourth-order valence-electron chi connectivity index (χ4n) is 6.43. The number of methoxy groups -OCH3 is 1. The highest BCUT2D eigenvalue weighted by Crippen LogP contribution is 2.63. The van der Waals surface area contributed by atoms with Crippen LogP contribution in [0, 0.1) is 22.2 Å². The van der Waals surface area contributed by atoms with Gasteiger partial charge in [0.25, 0.3) is 0 Å². The Bertz CT molecular complexity index is 756. The first-order chi connectivity index (χ1) is 13.4. The van der Waals surface area contributed by atoms with Crippen LogP contribution in [-0.2, 0) is 19.1 Å². The number of fused-ring (bicyclic) bond motifs is 2. The van der Waals surface area contributed by atoms with Crippen LogP contribution in [0.4, 0.5) is 0 Å². The predicted octanol–water partition coefficient (Wildman–Crippen LogP) is 2.92. The van der Waals surface area contributed by atoms with Crippen molar-refractivity contribution in [3.8, 4) is 0 Å².